The first-order valence-corrected chi connectivity index (χ1v) is 8.79. The topological polar surface area (TPSA) is 50.4 Å². The summed E-state index contributed by atoms with van der Waals surface area (Å²) in [5.41, 5.74) is 2.96. The van der Waals surface area contributed by atoms with Crippen molar-refractivity contribution in [1.29, 1.82) is 0 Å². The van der Waals surface area contributed by atoms with Crippen molar-refractivity contribution in [3.8, 4) is 5.75 Å². The lowest BCUT2D eigenvalue weighted by Gasteiger charge is -2.12. The van der Waals surface area contributed by atoms with Crippen molar-refractivity contribution < 1.29 is 9.53 Å². The highest BCUT2D eigenvalue weighted by Gasteiger charge is 2.07. The lowest BCUT2D eigenvalue weighted by molar-refractivity contribution is -0.119. The summed E-state index contributed by atoms with van der Waals surface area (Å²) in [4.78, 5) is 11.9. The van der Waals surface area contributed by atoms with Crippen LogP contribution in [0.5, 0.6) is 5.75 Å². The Morgan fingerprint density at radius 1 is 1.16 bits per heavy atom. The Hall–Kier alpha value is -2.11. The minimum Gasteiger partial charge on any atom is -0.494 e. The third-order valence-electron chi connectivity index (χ3n) is 3.53. The van der Waals surface area contributed by atoms with E-state index in [0.717, 1.165) is 17.0 Å². The van der Waals surface area contributed by atoms with Gasteiger partial charge in [-0.15, -0.1) is 0 Å². The molecule has 2 rings (SSSR count). The van der Waals surface area contributed by atoms with Gasteiger partial charge >= 0.3 is 0 Å². The van der Waals surface area contributed by atoms with Crippen LogP contribution in [0.3, 0.4) is 0 Å². The molecule has 0 aliphatic carbocycles. The molecule has 1 amide bonds. The molecule has 132 valence electrons. The second-order valence-corrected chi connectivity index (χ2v) is 6.57. The molecule has 0 fully saturated rings. The molecule has 0 saturated heterocycles. The average molecular weight is 377 g/mol. The largest absolute Gasteiger partial charge is 0.494 e. The molecule has 0 aliphatic heterocycles. The van der Waals surface area contributed by atoms with Gasteiger partial charge < -0.3 is 15.4 Å². The molecule has 0 aliphatic rings. The van der Waals surface area contributed by atoms with Crippen LogP contribution in [-0.2, 0) is 4.79 Å². The maximum atomic E-state index is 11.9. The fraction of sp³-hybridized carbons (Fsp3) is 0.263. The summed E-state index contributed by atoms with van der Waals surface area (Å²) in [7, 11) is 0. The summed E-state index contributed by atoms with van der Waals surface area (Å²) < 4.78 is 5.60. The van der Waals surface area contributed by atoms with Crippen LogP contribution in [0.2, 0.25) is 5.02 Å². The first-order valence-electron chi connectivity index (χ1n) is 8.00. The number of amides is 1. The molecule has 2 aromatic carbocycles. The average Bonchev–Trinajstić information content (AvgIpc) is 2.56. The van der Waals surface area contributed by atoms with E-state index in [9.17, 15) is 4.79 Å². The van der Waals surface area contributed by atoms with Crippen molar-refractivity contribution in [2.75, 3.05) is 11.9 Å². The number of halogens is 1. The van der Waals surface area contributed by atoms with E-state index in [1.807, 2.05) is 50.2 Å². The number of carbonyl (C=O) groups excluding carboxylic acids is 1. The molecule has 0 bridgehead atoms. The Kier molecular flexibility index (Phi) is 7.22. The van der Waals surface area contributed by atoms with Crippen LogP contribution in [0.15, 0.2) is 42.5 Å². The zero-order valence-corrected chi connectivity index (χ0v) is 15.8. The first kappa shape index (κ1) is 19.2. The van der Waals surface area contributed by atoms with Crippen LogP contribution < -0.4 is 15.4 Å². The first-order chi connectivity index (χ1) is 11.9. The summed E-state index contributed by atoms with van der Waals surface area (Å²) >= 11 is 11.1. The van der Waals surface area contributed by atoms with Gasteiger partial charge in [0.15, 0.2) is 5.11 Å². The SMILES string of the molecule is Cc1ccc(OCCCC(=O)NC(=S)Nc2ccc(Cl)cc2C)cc1. The van der Waals surface area contributed by atoms with Gasteiger partial charge in [-0.25, -0.2) is 0 Å². The van der Waals surface area contributed by atoms with E-state index in [4.69, 9.17) is 28.6 Å². The molecule has 0 spiro atoms. The van der Waals surface area contributed by atoms with Gasteiger partial charge in [0, 0.05) is 17.1 Å². The molecule has 0 saturated carbocycles. The van der Waals surface area contributed by atoms with E-state index in [-0.39, 0.29) is 11.0 Å². The summed E-state index contributed by atoms with van der Waals surface area (Å²) in [5.74, 6) is 0.665. The van der Waals surface area contributed by atoms with E-state index in [2.05, 4.69) is 10.6 Å². The van der Waals surface area contributed by atoms with Crippen LogP contribution in [0.1, 0.15) is 24.0 Å². The lowest BCUT2D eigenvalue weighted by Crippen LogP contribution is -2.34. The smallest absolute Gasteiger partial charge is 0.226 e. The molecule has 0 heterocycles. The Balaban J connectivity index is 1.69. The van der Waals surface area contributed by atoms with E-state index in [0.29, 0.717) is 24.5 Å². The number of nitrogens with one attached hydrogen (secondary N) is 2. The van der Waals surface area contributed by atoms with Crippen molar-refractivity contribution in [2.45, 2.75) is 26.7 Å². The molecular weight excluding hydrogens is 356 g/mol. The number of anilines is 1. The van der Waals surface area contributed by atoms with Gasteiger partial charge in [-0.3, -0.25) is 4.79 Å². The van der Waals surface area contributed by atoms with Gasteiger partial charge in [0.2, 0.25) is 5.91 Å². The number of carbonyl (C=O) groups is 1. The Bertz CT molecular complexity index is 748. The van der Waals surface area contributed by atoms with E-state index in [1.165, 1.54) is 5.56 Å². The number of thiocarbonyl (C=S) groups is 1. The van der Waals surface area contributed by atoms with E-state index < -0.39 is 0 Å². The molecule has 6 heteroatoms. The minimum absolute atomic E-state index is 0.142. The predicted octanol–water partition coefficient (Wildman–Crippen LogP) is 4.63. The third-order valence-corrected chi connectivity index (χ3v) is 3.97. The van der Waals surface area contributed by atoms with Crippen LogP contribution >= 0.6 is 23.8 Å². The highest BCUT2D eigenvalue weighted by molar-refractivity contribution is 7.80. The highest BCUT2D eigenvalue weighted by atomic mass is 35.5. The lowest BCUT2D eigenvalue weighted by atomic mass is 10.2. The molecule has 25 heavy (non-hydrogen) atoms. The molecule has 4 nitrogen and oxygen atoms in total. The second-order valence-electron chi connectivity index (χ2n) is 5.73. The van der Waals surface area contributed by atoms with E-state index in [1.54, 1.807) is 6.07 Å². The number of ether oxygens (including phenoxy) is 1. The highest BCUT2D eigenvalue weighted by Crippen LogP contribution is 2.19. The Morgan fingerprint density at radius 3 is 2.56 bits per heavy atom. The fourth-order valence-corrected chi connectivity index (χ4v) is 2.62. The monoisotopic (exact) mass is 376 g/mol. The van der Waals surface area contributed by atoms with Gasteiger partial charge in [0.05, 0.1) is 6.61 Å². The molecule has 0 unspecified atom stereocenters. The van der Waals surface area contributed by atoms with Gasteiger partial charge in [-0.2, -0.15) is 0 Å². The predicted molar refractivity (Wildman–Crippen MR) is 106 cm³/mol. The zero-order valence-electron chi connectivity index (χ0n) is 14.3. The van der Waals surface area contributed by atoms with Gasteiger partial charge in [0.25, 0.3) is 0 Å². The van der Waals surface area contributed by atoms with Crippen LogP contribution in [0.25, 0.3) is 0 Å². The third kappa shape index (κ3) is 6.72. The van der Waals surface area contributed by atoms with Crippen molar-refractivity contribution >= 4 is 40.5 Å². The maximum Gasteiger partial charge on any atom is 0.226 e. The van der Waals surface area contributed by atoms with Gasteiger partial charge in [0.1, 0.15) is 5.75 Å². The molecule has 0 atom stereocenters. The Morgan fingerprint density at radius 2 is 1.88 bits per heavy atom. The molecular formula is C19H21ClN2O2S. The zero-order chi connectivity index (χ0) is 18.2. The molecule has 2 aromatic rings. The fourth-order valence-electron chi connectivity index (χ4n) is 2.17. The standard InChI is InChI=1S/C19H21ClN2O2S/c1-13-5-8-16(9-6-13)24-11-3-4-18(23)22-19(25)21-17-10-7-15(20)12-14(17)2/h5-10,12H,3-4,11H2,1-2H3,(H2,21,22,23,25). The second kappa shape index (κ2) is 9.39. The van der Waals surface area contributed by atoms with Crippen LogP contribution in [0.4, 0.5) is 5.69 Å². The number of hydrogen-bond donors (Lipinski definition) is 2. The van der Waals surface area contributed by atoms with Gasteiger partial charge in [-0.05, 0) is 68.4 Å². The quantitative estimate of drug-likeness (QED) is 0.570. The van der Waals surface area contributed by atoms with Gasteiger partial charge in [-0.1, -0.05) is 29.3 Å². The normalized spacial score (nSPS) is 10.2. The van der Waals surface area contributed by atoms with Crippen molar-refractivity contribution in [2.24, 2.45) is 0 Å². The summed E-state index contributed by atoms with van der Waals surface area (Å²) in [6.45, 7) is 4.42. The number of rotatable bonds is 6. The number of benzene rings is 2. The summed E-state index contributed by atoms with van der Waals surface area (Å²) in [6, 6.07) is 13.2. The molecule has 2 N–H and O–H groups in total. The molecule has 0 aromatic heterocycles. The van der Waals surface area contributed by atoms with Crippen LogP contribution in [0, 0.1) is 13.8 Å². The van der Waals surface area contributed by atoms with Crippen LogP contribution in [-0.4, -0.2) is 17.6 Å². The maximum absolute atomic E-state index is 11.9. The summed E-state index contributed by atoms with van der Waals surface area (Å²) in [6.07, 6.45) is 0.954. The number of hydrogen-bond acceptors (Lipinski definition) is 3. The minimum atomic E-state index is -0.142. The number of aryl methyl sites for hydroxylation is 2. The van der Waals surface area contributed by atoms with Crippen molar-refractivity contribution in [3.63, 3.8) is 0 Å². The van der Waals surface area contributed by atoms with Crippen molar-refractivity contribution in [1.82, 2.24) is 5.32 Å². The van der Waals surface area contributed by atoms with E-state index >= 15 is 0 Å². The Labute approximate surface area is 158 Å². The molecule has 0 radical (unpaired) electrons. The van der Waals surface area contributed by atoms with Crippen molar-refractivity contribution in [3.05, 3.63) is 58.6 Å². The summed E-state index contributed by atoms with van der Waals surface area (Å²) in [5, 5.41) is 6.60.